The van der Waals surface area contributed by atoms with E-state index in [4.69, 9.17) is 0 Å². The number of thioether (sulfide) groups is 1. The fourth-order valence-corrected chi connectivity index (χ4v) is 4.99. The van der Waals surface area contributed by atoms with E-state index in [-0.39, 0.29) is 11.8 Å². The molecule has 36 heavy (non-hydrogen) atoms. The zero-order valence-electron chi connectivity index (χ0n) is 21.0. The minimum atomic E-state index is -0.582. The molecule has 1 atom stereocenters. The van der Waals surface area contributed by atoms with Crippen molar-refractivity contribution in [1.29, 1.82) is 0 Å². The summed E-state index contributed by atoms with van der Waals surface area (Å²) in [7, 11) is 0. The van der Waals surface area contributed by atoms with Gasteiger partial charge in [-0.05, 0) is 34.7 Å². The van der Waals surface area contributed by atoms with Crippen LogP contribution in [0.15, 0.2) is 89.4 Å². The summed E-state index contributed by atoms with van der Waals surface area (Å²) >= 11 is 5.23. The molecule has 0 heterocycles. The molecule has 0 fully saturated rings. The van der Waals surface area contributed by atoms with Crippen LogP contribution in [0.25, 0.3) is 0 Å². The van der Waals surface area contributed by atoms with E-state index in [0.29, 0.717) is 37.6 Å². The number of rotatable bonds is 13. The minimum Gasteiger partial charge on any atom is -0.354 e. The monoisotopic (exact) mass is 566 g/mol. The number of carbonyl (C=O) groups is 2. The Balaban J connectivity index is 1.78. The van der Waals surface area contributed by atoms with E-state index in [1.807, 2.05) is 72.8 Å². The Morgan fingerprint density at radius 2 is 1.47 bits per heavy atom. The number of carbonyl (C=O) groups excluding carboxylic acids is 2. The SMILES string of the molecule is CC(C)CNC(=O)[C@@H](Cc1ccccc1)N(Cc1ccc(Br)cc1)C(=O)CCSCc1ccccc1. The zero-order chi connectivity index (χ0) is 25.8. The van der Waals surface area contributed by atoms with Crippen molar-refractivity contribution in [1.82, 2.24) is 10.2 Å². The van der Waals surface area contributed by atoms with E-state index in [2.05, 4.69) is 47.2 Å². The molecule has 190 valence electrons. The molecule has 0 aliphatic carbocycles. The lowest BCUT2D eigenvalue weighted by Crippen LogP contribution is -2.51. The fraction of sp³-hybridized carbons (Fsp3) is 0.333. The van der Waals surface area contributed by atoms with Gasteiger partial charge in [0.05, 0.1) is 0 Å². The van der Waals surface area contributed by atoms with Gasteiger partial charge in [-0.15, -0.1) is 0 Å². The summed E-state index contributed by atoms with van der Waals surface area (Å²) < 4.78 is 0.983. The van der Waals surface area contributed by atoms with Gasteiger partial charge in [0.15, 0.2) is 0 Å². The van der Waals surface area contributed by atoms with Crippen molar-refractivity contribution >= 4 is 39.5 Å². The molecule has 0 unspecified atom stereocenters. The Labute approximate surface area is 228 Å². The Morgan fingerprint density at radius 3 is 2.08 bits per heavy atom. The summed E-state index contributed by atoms with van der Waals surface area (Å²) in [6, 6.07) is 27.6. The number of hydrogen-bond donors (Lipinski definition) is 1. The van der Waals surface area contributed by atoms with Gasteiger partial charge < -0.3 is 10.2 Å². The van der Waals surface area contributed by atoms with Crippen LogP contribution in [0.2, 0.25) is 0 Å². The highest BCUT2D eigenvalue weighted by Crippen LogP contribution is 2.19. The van der Waals surface area contributed by atoms with E-state index >= 15 is 0 Å². The number of halogens is 1. The first-order chi connectivity index (χ1) is 17.4. The summed E-state index contributed by atoms with van der Waals surface area (Å²) in [6.45, 7) is 5.11. The van der Waals surface area contributed by atoms with Crippen molar-refractivity contribution < 1.29 is 9.59 Å². The number of hydrogen-bond acceptors (Lipinski definition) is 3. The smallest absolute Gasteiger partial charge is 0.243 e. The Morgan fingerprint density at radius 1 is 0.861 bits per heavy atom. The number of amides is 2. The highest BCUT2D eigenvalue weighted by atomic mass is 79.9. The molecule has 0 spiro atoms. The molecular formula is C30H35BrN2O2S. The van der Waals surface area contributed by atoms with Gasteiger partial charge in [0, 0.05) is 41.9 Å². The van der Waals surface area contributed by atoms with Crippen LogP contribution in [-0.2, 0) is 28.3 Å². The first-order valence-corrected chi connectivity index (χ1v) is 14.3. The quantitative estimate of drug-likeness (QED) is 0.241. The summed E-state index contributed by atoms with van der Waals surface area (Å²) in [5.41, 5.74) is 3.28. The third-order valence-corrected chi connectivity index (χ3v) is 7.35. The maximum absolute atomic E-state index is 13.6. The predicted molar refractivity (Wildman–Crippen MR) is 154 cm³/mol. The van der Waals surface area contributed by atoms with Gasteiger partial charge >= 0.3 is 0 Å². The summed E-state index contributed by atoms with van der Waals surface area (Å²) in [5, 5.41) is 3.08. The molecular weight excluding hydrogens is 532 g/mol. The molecule has 0 saturated carbocycles. The van der Waals surface area contributed by atoms with Gasteiger partial charge in [-0.2, -0.15) is 11.8 Å². The van der Waals surface area contributed by atoms with Gasteiger partial charge in [0.25, 0.3) is 0 Å². The van der Waals surface area contributed by atoms with Crippen molar-refractivity contribution in [3.63, 3.8) is 0 Å². The van der Waals surface area contributed by atoms with Crippen LogP contribution < -0.4 is 5.32 Å². The molecule has 0 aliphatic heterocycles. The molecule has 0 aromatic heterocycles. The third-order valence-electron chi connectivity index (χ3n) is 5.79. The topological polar surface area (TPSA) is 49.4 Å². The molecule has 0 saturated heterocycles. The first kappa shape index (κ1) is 28.0. The molecule has 6 heteroatoms. The number of nitrogens with zero attached hydrogens (tertiary/aromatic N) is 1. The number of nitrogens with one attached hydrogen (secondary N) is 1. The minimum absolute atomic E-state index is 0.000825. The van der Waals surface area contributed by atoms with Crippen LogP contribution in [0.1, 0.15) is 37.0 Å². The second-order valence-corrected chi connectivity index (χ2v) is 11.3. The van der Waals surface area contributed by atoms with Crippen molar-refractivity contribution in [2.75, 3.05) is 12.3 Å². The lowest BCUT2D eigenvalue weighted by Gasteiger charge is -2.32. The van der Waals surface area contributed by atoms with E-state index < -0.39 is 6.04 Å². The van der Waals surface area contributed by atoms with E-state index in [0.717, 1.165) is 21.4 Å². The van der Waals surface area contributed by atoms with E-state index in [1.165, 1.54) is 5.56 Å². The molecule has 4 nitrogen and oxygen atoms in total. The van der Waals surface area contributed by atoms with Crippen LogP contribution in [0.3, 0.4) is 0 Å². The highest BCUT2D eigenvalue weighted by Gasteiger charge is 2.30. The van der Waals surface area contributed by atoms with Crippen LogP contribution in [0, 0.1) is 5.92 Å². The van der Waals surface area contributed by atoms with Crippen molar-refractivity contribution in [2.45, 2.75) is 45.0 Å². The molecule has 1 N–H and O–H groups in total. The standard InChI is InChI=1S/C30H35BrN2O2S/c1-23(2)20-32-30(35)28(19-24-9-5-3-6-10-24)33(21-25-13-15-27(31)16-14-25)29(34)17-18-36-22-26-11-7-4-8-12-26/h3-16,23,28H,17-22H2,1-2H3,(H,32,35)/t28-/m1/s1. The summed E-state index contributed by atoms with van der Waals surface area (Å²) in [5.74, 6) is 1.80. The molecule has 0 bridgehead atoms. The van der Waals surface area contributed by atoms with Crippen molar-refractivity contribution in [3.05, 3.63) is 106 Å². The maximum Gasteiger partial charge on any atom is 0.243 e. The number of benzene rings is 3. The van der Waals surface area contributed by atoms with Crippen LogP contribution in [0.5, 0.6) is 0 Å². The molecule has 0 aliphatic rings. The lowest BCUT2D eigenvalue weighted by atomic mass is 10.0. The second-order valence-electron chi connectivity index (χ2n) is 9.28. The molecule has 3 aromatic rings. The maximum atomic E-state index is 13.6. The first-order valence-electron chi connectivity index (χ1n) is 12.4. The Bertz CT molecular complexity index is 1080. The summed E-state index contributed by atoms with van der Waals surface area (Å²) in [6.07, 6.45) is 0.862. The molecule has 0 radical (unpaired) electrons. The summed E-state index contributed by atoms with van der Waals surface area (Å²) in [4.78, 5) is 28.8. The predicted octanol–water partition coefficient (Wildman–Crippen LogP) is 6.48. The van der Waals surface area contributed by atoms with E-state index in [1.54, 1.807) is 16.7 Å². The van der Waals surface area contributed by atoms with Gasteiger partial charge in [0.2, 0.25) is 11.8 Å². The third kappa shape index (κ3) is 9.47. The Hall–Kier alpha value is -2.57. The van der Waals surface area contributed by atoms with Gasteiger partial charge in [-0.25, -0.2) is 0 Å². The van der Waals surface area contributed by atoms with Gasteiger partial charge in [-0.1, -0.05) is 103 Å². The van der Waals surface area contributed by atoms with Gasteiger partial charge in [0.1, 0.15) is 6.04 Å². The van der Waals surface area contributed by atoms with E-state index in [9.17, 15) is 9.59 Å². The fourth-order valence-electron chi connectivity index (χ4n) is 3.83. The van der Waals surface area contributed by atoms with Crippen LogP contribution in [-0.4, -0.2) is 35.1 Å². The normalized spacial score (nSPS) is 11.8. The molecule has 3 aromatic carbocycles. The van der Waals surface area contributed by atoms with Crippen molar-refractivity contribution in [2.24, 2.45) is 5.92 Å². The largest absolute Gasteiger partial charge is 0.354 e. The molecule has 2 amide bonds. The average Bonchev–Trinajstić information content (AvgIpc) is 2.89. The highest BCUT2D eigenvalue weighted by molar-refractivity contribution is 9.10. The van der Waals surface area contributed by atoms with Gasteiger partial charge in [-0.3, -0.25) is 9.59 Å². The Kier molecular flexibility index (Phi) is 11.6. The van der Waals surface area contributed by atoms with Crippen LogP contribution >= 0.6 is 27.7 Å². The van der Waals surface area contributed by atoms with Crippen LogP contribution in [0.4, 0.5) is 0 Å². The average molecular weight is 568 g/mol. The lowest BCUT2D eigenvalue weighted by molar-refractivity contribution is -0.141. The second kappa shape index (κ2) is 14.9. The van der Waals surface area contributed by atoms with Crippen molar-refractivity contribution in [3.8, 4) is 0 Å². The zero-order valence-corrected chi connectivity index (χ0v) is 23.4. The molecule has 3 rings (SSSR count).